The van der Waals surface area contributed by atoms with Gasteiger partial charge in [-0.25, -0.2) is 9.97 Å². The fraction of sp³-hybridized carbons (Fsp3) is 0.200. The average molecular weight is 267 g/mol. The van der Waals surface area contributed by atoms with E-state index in [4.69, 9.17) is 0 Å². The highest BCUT2D eigenvalue weighted by molar-refractivity contribution is 5.34. The fourth-order valence-corrected chi connectivity index (χ4v) is 2.07. The minimum Gasteiger partial charge on any atom is -0.348 e. The van der Waals surface area contributed by atoms with Crippen LogP contribution in [-0.2, 0) is 13.0 Å². The van der Waals surface area contributed by atoms with Crippen LogP contribution in [0.15, 0.2) is 55.5 Å². The Kier molecular flexibility index (Phi) is 3.89. The highest BCUT2D eigenvalue weighted by Crippen LogP contribution is 2.09. The predicted molar refractivity (Wildman–Crippen MR) is 77.6 cm³/mol. The average Bonchev–Trinajstić information content (AvgIpc) is 3.17. The minimum atomic E-state index is 0.873. The molecule has 0 unspecified atom stereocenters. The molecule has 0 saturated heterocycles. The van der Waals surface area contributed by atoms with E-state index in [1.54, 1.807) is 18.9 Å². The Labute approximate surface area is 117 Å². The van der Waals surface area contributed by atoms with Crippen molar-refractivity contribution >= 4 is 0 Å². The number of H-pyrrole nitrogens is 1. The van der Waals surface area contributed by atoms with Gasteiger partial charge in [0.1, 0.15) is 0 Å². The van der Waals surface area contributed by atoms with Crippen molar-refractivity contribution in [2.45, 2.75) is 13.0 Å². The number of aromatic nitrogens is 4. The molecule has 5 nitrogen and oxygen atoms in total. The van der Waals surface area contributed by atoms with Crippen LogP contribution in [0.4, 0.5) is 0 Å². The predicted octanol–water partition coefficient (Wildman–Crippen LogP) is 1.93. The van der Waals surface area contributed by atoms with Gasteiger partial charge in [-0.3, -0.25) is 0 Å². The third-order valence-corrected chi connectivity index (χ3v) is 3.19. The molecule has 2 heterocycles. The molecule has 0 aliphatic heterocycles. The van der Waals surface area contributed by atoms with E-state index in [0.29, 0.717) is 0 Å². The van der Waals surface area contributed by atoms with Crippen molar-refractivity contribution in [3.8, 4) is 5.69 Å². The molecule has 0 bridgehead atoms. The van der Waals surface area contributed by atoms with Crippen molar-refractivity contribution in [3.05, 3.63) is 66.8 Å². The van der Waals surface area contributed by atoms with Gasteiger partial charge in [-0.2, -0.15) is 0 Å². The van der Waals surface area contributed by atoms with Gasteiger partial charge in [-0.1, -0.05) is 12.1 Å². The molecule has 102 valence electrons. The molecular formula is C15H17N5. The molecule has 0 fully saturated rings. The summed E-state index contributed by atoms with van der Waals surface area (Å²) in [5, 5.41) is 3.43. The monoisotopic (exact) mass is 267 g/mol. The number of imidazole rings is 2. The Hall–Kier alpha value is -2.40. The molecule has 1 aromatic carbocycles. The van der Waals surface area contributed by atoms with Crippen LogP contribution in [0.1, 0.15) is 11.3 Å². The Morgan fingerprint density at radius 3 is 2.75 bits per heavy atom. The number of rotatable bonds is 6. The standard InChI is InChI=1S/C15H17N5/c1-3-15(20-8-7-17-12-20)4-2-13(1)9-16-6-5-14-10-18-11-19-14/h1-4,7-8,10-12,16H,5-6,9H2,(H,18,19). The van der Waals surface area contributed by atoms with Crippen LogP contribution in [0.2, 0.25) is 0 Å². The van der Waals surface area contributed by atoms with Gasteiger partial charge >= 0.3 is 0 Å². The molecule has 3 rings (SSSR count). The number of hydrogen-bond donors (Lipinski definition) is 2. The van der Waals surface area contributed by atoms with Crippen LogP contribution < -0.4 is 5.32 Å². The zero-order chi connectivity index (χ0) is 13.6. The first-order valence-corrected chi connectivity index (χ1v) is 6.67. The molecule has 0 amide bonds. The number of nitrogens with zero attached hydrogens (tertiary/aromatic N) is 3. The second-order valence-corrected chi connectivity index (χ2v) is 4.64. The van der Waals surface area contributed by atoms with E-state index >= 15 is 0 Å². The lowest BCUT2D eigenvalue weighted by Crippen LogP contribution is -2.16. The van der Waals surface area contributed by atoms with Crippen molar-refractivity contribution in [3.63, 3.8) is 0 Å². The van der Waals surface area contributed by atoms with E-state index in [1.165, 1.54) is 5.56 Å². The molecule has 0 saturated carbocycles. The largest absolute Gasteiger partial charge is 0.348 e. The van der Waals surface area contributed by atoms with E-state index in [1.807, 2.05) is 17.0 Å². The van der Waals surface area contributed by atoms with Crippen molar-refractivity contribution in [1.82, 2.24) is 24.8 Å². The number of benzene rings is 1. The highest BCUT2D eigenvalue weighted by atomic mass is 15.0. The van der Waals surface area contributed by atoms with Crippen LogP contribution >= 0.6 is 0 Å². The number of aromatic amines is 1. The topological polar surface area (TPSA) is 58.5 Å². The molecule has 2 aromatic heterocycles. The maximum Gasteiger partial charge on any atom is 0.0991 e. The molecule has 20 heavy (non-hydrogen) atoms. The summed E-state index contributed by atoms with van der Waals surface area (Å²) in [6, 6.07) is 8.48. The molecule has 3 aromatic rings. The molecule has 0 aliphatic rings. The first-order chi connectivity index (χ1) is 9.92. The first kappa shape index (κ1) is 12.6. The summed E-state index contributed by atoms with van der Waals surface area (Å²) in [5.74, 6) is 0. The number of nitrogens with one attached hydrogen (secondary N) is 2. The van der Waals surface area contributed by atoms with Crippen LogP contribution in [0.5, 0.6) is 0 Å². The van der Waals surface area contributed by atoms with Crippen LogP contribution in [-0.4, -0.2) is 26.1 Å². The normalized spacial score (nSPS) is 10.8. The lowest BCUT2D eigenvalue weighted by atomic mass is 10.2. The fourth-order valence-electron chi connectivity index (χ4n) is 2.07. The molecule has 0 aliphatic carbocycles. The minimum absolute atomic E-state index is 0.873. The van der Waals surface area contributed by atoms with Crippen LogP contribution in [0.3, 0.4) is 0 Å². The second kappa shape index (κ2) is 6.16. The summed E-state index contributed by atoms with van der Waals surface area (Å²) in [6.45, 7) is 1.81. The summed E-state index contributed by atoms with van der Waals surface area (Å²) in [5.41, 5.74) is 3.56. The Bertz CT molecular complexity index is 611. The van der Waals surface area contributed by atoms with E-state index in [0.717, 1.165) is 30.9 Å². The Morgan fingerprint density at radius 1 is 1.15 bits per heavy atom. The van der Waals surface area contributed by atoms with Crippen molar-refractivity contribution < 1.29 is 0 Å². The lowest BCUT2D eigenvalue weighted by Gasteiger charge is -2.06. The molecule has 5 heteroatoms. The van der Waals surface area contributed by atoms with Gasteiger partial charge in [0.25, 0.3) is 0 Å². The van der Waals surface area contributed by atoms with E-state index < -0.39 is 0 Å². The maximum absolute atomic E-state index is 4.05. The smallest absolute Gasteiger partial charge is 0.0991 e. The quantitative estimate of drug-likeness (QED) is 0.671. The molecule has 2 N–H and O–H groups in total. The van der Waals surface area contributed by atoms with E-state index in [2.05, 4.69) is 44.5 Å². The van der Waals surface area contributed by atoms with Gasteiger partial charge in [0.15, 0.2) is 0 Å². The molecule has 0 radical (unpaired) electrons. The zero-order valence-electron chi connectivity index (χ0n) is 11.2. The van der Waals surface area contributed by atoms with Gasteiger partial charge in [0, 0.05) is 49.5 Å². The van der Waals surface area contributed by atoms with Crippen LogP contribution in [0.25, 0.3) is 5.69 Å². The summed E-state index contributed by atoms with van der Waals surface area (Å²) in [4.78, 5) is 11.2. The van der Waals surface area contributed by atoms with Crippen molar-refractivity contribution in [2.75, 3.05) is 6.54 Å². The van der Waals surface area contributed by atoms with E-state index in [9.17, 15) is 0 Å². The molecule has 0 spiro atoms. The highest BCUT2D eigenvalue weighted by Gasteiger charge is 1.97. The summed E-state index contributed by atoms with van der Waals surface area (Å²) in [6.07, 6.45) is 10.1. The maximum atomic E-state index is 4.05. The van der Waals surface area contributed by atoms with Crippen molar-refractivity contribution in [2.24, 2.45) is 0 Å². The van der Waals surface area contributed by atoms with Gasteiger partial charge in [-0.05, 0) is 17.7 Å². The lowest BCUT2D eigenvalue weighted by molar-refractivity contribution is 0.681. The molecule has 0 atom stereocenters. The second-order valence-electron chi connectivity index (χ2n) is 4.64. The van der Waals surface area contributed by atoms with E-state index in [-0.39, 0.29) is 0 Å². The third kappa shape index (κ3) is 3.13. The SMILES string of the molecule is c1cn(-c2ccc(CNCCc3cnc[nH]3)cc2)cn1. The molecular weight excluding hydrogens is 250 g/mol. The summed E-state index contributed by atoms with van der Waals surface area (Å²) >= 11 is 0. The third-order valence-electron chi connectivity index (χ3n) is 3.19. The Morgan fingerprint density at radius 2 is 2.05 bits per heavy atom. The van der Waals surface area contributed by atoms with Gasteiger partial charge in [0.05, 0.1) is 12.7 Å². The Balaban J connectivity index is 1.48. The van der Waals surface area contributed by atoms with Crippen LogP contribution in [0, 0.1) is 0 Å². The van der Waals surface area contributed by atoms with Gasteiger partial charge in [-0.15, -0.1) is 0 Å². The van der Waals surface area contributed by atoms with Gasteiger partial charge < -0.3 is 14.9 Å². The summed E-state index contributed by atoms with van der Waals surface area (Å²) in [7, 11) is 0. The number of hydrogen-bond acceptors (Lipinski definition) is 3. The summed E-state index contributed by atoms with van der Waals surface area (Å²) < 4.78 is 2.00. The zero-order valence-corrected chi connectivity index (χ0v) is 11.2. The van der Waals surface area contributed by atoms with Gasteiger partial charge in [0.2, 0.25) is 0 Å². The van der Waals surface area contributed by atoms with Crippen molar-refractivity contribution in [1.29, 1.82) is 0 Å². The first-order valence-electron chi connectivity index (χ1n) is 6.67.